The summed E-state index contributed by atoms with van der Waals surface area (Å²) in [6, 6.07) is 0. The fourth-order valence-corrected chi connectivity index (χ4v) is 4.90. The van der Waals surface area contributed by atoms with Crippen LogP contribution >= 0.6 is 0 Å². The van der Waals surface area contributed by atoms with Crippen molar-refractivity contribution < 1.29 is 42.7 Å². The molecule has 0 aromatic carbocycles. The van der Waals surface area contributed by atoms with Gasteiger partial charge in [-0.3, -0.25) is 4.79 Å². The quantitative estimate of drug-likeness (QED) is 0.0479. The van der Waals surface area contributed by atoms with Crippen molar-refractivity contribution in [2.75, 3.05) is 99.1 Å². The van der Waals surface area contributed by atoms with Crippen LogP contribution in [0.4, 0.5) is 0 Å². The molecule has 1 atom stereocenters. The van der Waals surface area contributed by atoms with Crippen molar-refractivity contribution in [2.45, 2.75) is 130 Å². The van der Waals surface area contributed by atoms with E-state index in [4.69, 9.17) is 37.9 Å². The summed E-state index contributed by atoms with van der Waals surface area (Å²) < 4.78 is 44.0. The molecule has 9 heteroatoms. The zero-order valence-corrected chi connectivity index (χ0v) is 30.4. The van der Waals surface area contributed by atoms with Crippen LogP contribution in [0.15, 0.2) is 0 Å². The van der Waals surface area contributed by atoms with Crippen molar-refractivity contribution in [3.63, 3.8) is 0 Å². The Morgan fingerprint density at radius 1 is 0.370 bits per heavy atom. The maximum Gasteiger partial charge on any atom is 0.308 e. The lowest BCUT2D eigenvalue weighted by Gasteiger charge is -2.13. The Labute approximate surface area is 283 Å². The van der Waals surface area contributed by atoms with Crippen LogP contribution in [0.1, 0.15) is 130 Å². The number of ether oxygens (including phenoxy) is 8. The molecule has 0 bridgehead atoms. The predicted molar refractivity (Wildman–Crippen MR) is 186 cm³/mol. The number of rotatable bonds is 40. The molecule has 0 heterocycles. The third-order valence-corrected chi connectivity index (χ3v) is 7.83. The molecule has 0 aliphatic rings. The van der Waals surface area contributed by atoms with Gasteiger partial charge in [0.2, 0.25) is 0 Å². The van der Waals surface area contributed by atoms with E-state index < -0.39 is 0 Å². The monoisotopic (exact) mass is 663 g/mol. The average Bonchev–Trinajstić information content (AvgIpc) is 3.06. The Balaban J connectivity index is 3.13. The van der Waals surface area contributed by atoms with Gasteiger partial charge in [0.1, 0.15) is 6.61 Å². The van der Waals surface area contributed by atoms with Crippen LogP contribution < -0.4 is 0 Å². The van der Waals surface area contributed by atoms with E-state index in [0.717, 1.165) is 38.7 Å². The second-order valence-electron chi connectivity index (χ2n) is 11.9. The number of unbranched alkanes of at least 4 members (excludes halogenated alkanes) is 13. The first kappa shape index (κ1) is 45.2. The molecule has 0 aromatic rings. The highest BCUT2D eigenvalue weighted by Crippen LogP contribution is 2.14. The molecule has 46 heavy (non-hydrogen) atoms. The largest absolute Gasteiger partial charge is 0.463 e. The highest BCUT2D eigenvalue weighted by atomic mass is 16.6. The molecule has 0 saturated heterocycles. The maximum atomic E-state index is 12.0. The van der Waals surface area contributed by atoms with Crippen LogP contribution in [0.5, 0.6) is 0 Å². The van der Waals surface area contributed by atoms with Crippen LogP contribution in [0.2, 0.25) is 0 Å². The Morgan fingerprint density at radius 3 is 1.02 bits per heavy atom. The fourth-order valence-electron chi connectivity index (χ4n) is 4.90. The van der Waals surface area contributed by atoms with Gasteiger partial charge in [0.05, 0.1) is 91.8 Å². The maximum absolute atomic E-state index is 12.0. The van der Waals surface area contributed by atoms with Crippen molar-refractivity contribution in [1.29, 1.82) is 0 Å². The molecule has 0 N–H and O–H groups in total. The molecule has 0 rings (SSSR count). The van der Waals surface area contributed by atoms with Gasteiger partial charge in [-0.25, -0.2) is 0 Å². The first-order valence-corrected chi connectivity index (χ1v) is 19.0. The van der Waals surface area contributed by atoms with Crippen molar-refractivity contribution in [3.8, 4) is 0 Å². The van der Waals surface area contributed by atoms with E-state index in [-0.39, 0.29) is 11.9 Å². The summed E-state index contributed by atoms with van der Waals surface area (Å²) in [5.41, 5.74) is 0. The van der Waals surface area contributed by atoms with Gasteiger partial charge in [-0.15, -0.1) is 0 Å². The minimum absolute atomic E-state index is 0.00600. The number of hydrogen-bond acceptors (Lipinski definition) is 9. The van der Waals surface area contributed by atoms with Gasteiger partial charge in [-0.1, -0.05) is 111 Å². The lowest BCUT2D eigenvalue weighted by Crippen LogP contribution is -2.20. The van der Waals surface area contributed by atoms with E-state index in [1.165, 1.54) is 77.0 Å². The number of esters is 1. The van der Waals surface area contributed by atoms with Crippen LogP contribution in [0, 0.1) is 5.92 Å². The second kappa shape index (κ2) is 40.4. The van der Waals surface area contributed by atoms with Gasteiger partial charge < -0.3 is 37.9 Å². The molecule has 0 aliphatic heterocycles. The van der Waals surface area contributed by atoms with Crippen LogP contribution in [-0.2, 0) is 42.7 Å². The van der Waals surface area contributed by atoms with Crippen molar-refractivity contribution in [3.05, 3.63) is 0 Å². The van der Waals surface area contributed by atoms with Crippen LogP contribution in [0.3, 0.4) is 0 Å². The van der Waals surface area contributed by atoms with E-state index in [9.17, 15) is 4.79 Å². The van der Waals surface area contributed by atoms with Gasteiger partial charge in [-0.05, 0) is 19.3 Å². The van der Waals surface area contributed by atoms with Gasteiger partial charge in [0.25, 0.3) is 0 Å². The molecule has 9 nitrogen and oxygen atoms in total. The van der Waals surface area contributed by atoms with E-state index in [1.54, 1.807) is 0 Å². The minimum Gasteiger partial charge on any atom is -0.463 e. The molecule has 0 saturated carbocycles. The molecule has 0 spiro atoms. The molecule has 0 aliphatic carbocycles. The highest BCUT2D eigenvalue weighted by molar-refractivity contribution is 5.72. The third kappa shape index (κ3) is 36.0. The molecule has 0 fully saturated rings. The van der Waals surface area contributed by atoms with Gasteiger partial charge >= 0.3 is 5.97 Å². The Bertz CT molecular complexity index is 579. The summed E-state index contributed by atoms with van der Waals surface area (Å²) in [4.78, 5) is 12.0. The summed E-state index contributed by atoms with van der Waals surface area (Å²) in [5.74, 6) is -0.104. The molecule has 1 unspecified atom stereocenters. The Hall–Kier alpha value is -0.810. The zero-order chi connectivity index (χ0) is 33.4. The zero-order valence-electron chi connectivity index (χ0n) is 30.4. The standard InChI is InChI=1S/C37H74O9/c1-4-7-9-10-11-12-13-14-15-16-17-18-19-21-39-22-23-40-24-25-41-26-27-42-28-29-43-30-31-44-32-33-45-34-35-46-37(38)36(6-3)20-8-5-2/h36H,4-35H2,1-3H3. The van der Waals surface area contributed by atoms with Gasteiger partial charge in [-0.2, -0.15) is 0 Å². The molecular formula is C37H74O9. The summed E-state index contributed by atoms with van der Waals surface area (Å²) in [6.07, 6.45) is 21.7. The van der Waals surface area contributed by atoms with Crippen LogP contribution in [-0.4, -0.2) is 105 Å². The smallest absolute Gasteiger partial charge is 0.308 e. The van der Waals surface area contributed by atoms with E-state index in [2.05, 4.69) is 13.8 Å². The summed E-state index contributed by atoms with van der Waals surface area (Å²) in [7, 11) is 0. The van der Waals surface area contributed by atoms with E-state index in [1.807, 2.05) is 6.92 Å². The Morgan fingerprint density at radius 2 is 0.674 bits per heavy atom. The van der Waals surface area contributed by atoms with Crippen molar-refractivity contribution >= 4 is 5.97 Å². The summed E-state index contributed by atoms with van der Waals surface area (Å²) in [6.45, 7) is 14.4. The van der Waals surface area contributed by atoms with Crippen molar-refractivity contribution in [2.24, 2.45) is 5.92 Å². The average molecular weight is 663 g/mol. The first-order valence-electron chi connectivity index (χ1n) is 19.0. The van der Waals surface area contributed by atoms with Crippen molar-refractivity contribution in [1.82, 2.24) is 0 Å². The molecule has 0 amide bonds. The predicted octanol–water partition coefficient (Wildman–Crippen LogP) is 7.95. The normalized spacial score (nSPS) is 12.2. The van der Waals surface area contributed by atoms with E-state index >= 15 is 0 Å². The number of hydrogen-bond donors (Lipinski definition) is 0. The molecule has 0 aromatic heterocycles. The van der Waals surface area contributed by atoms with Crippen LogP contribution in [0.25, 0.3) is 0 Å². The molecule has 276 valence electrons. The van der Waals surface area contributed by atoms with Gasteiger partial charge in [0.15, 0.2) is 0 Å². The molecule has 0 radical (unpaired) electrons. The summed E-state index contributed by atoms with van der Waals surface area (Å²) >= 11 is 0. The topological polar surface area (TPSA) is 90.9 Å². The second-order valence-corrected chi connectivity index (χ2v) is 11.9. The Kier molecular flexibility index (Phi) is 39.7. The SMILES string of the molecule is CCCCCCCCCCCCCCCOCCOCCOCCOCCOCCOCCOCCOC(=O)C(CC)CCCC. The lowest BCUT2D eigenvalue weighted by atomic mass is 10.00. The molecular weight excluding hydrogens is 588 g/mol. The first-order chi connectivity index (χ1) is 22.8. The lowest BCUT2D eigenvalue weighted by molar-refractivity contribution is -0.150. The van der Waals surface area contributed by atoms with E-state index in [0.29, 0.717) is 92.5 Å². The fraction of sp³-hybridized carbons (Fsp3) is 0.973. The third-order valence-electron chi connectivity index (χ3n) is 7.83. The number of carbonyl (C=O) groups is 1. The summed E-state index contributed by atoms with van der Waals surface area (Å²) in [5, 5.41) is 0. The minimum atomic E-state index is -0.110. The van der Waals surface area contributed by atoms with Gasteiger partial charge in [0, 0.05) is 6.61 Å². The highest BCUT2D eigenvalue weighted by Gasteiger charge is 2.16. The number of carbonyl (C=O) groups excluding carboxylic acids is 1.